The largest absolute Gasteiger partial charge is 0.497 e. The van der Waals surface area contributed by atoms with Crippen molar-refractivity contribution in [2.24, 2.45) is 5.92 Å². The number of aromatic nitrogens is 2. The number of carbonyl (C=O) groups is 1. The predicted octanol–water partition coefficient (Wildman–Crippen LogP) is 3.43. The maximum absolute atomic E-state index is 12.1. The average Bonchev–Trinajstić information content (AvgIpc) is 3.58. The van der Waals surface area contributed by atoms with E-state index < -0.39 is 0 Å². The number of nitrogens with zero attached hydrogens (tertiary/aromatic N) is 2. The molecular weight excluding hydrogens is 352 g/mol. The Morgan fingerprint density at radius 1 is 1.11 bits per heavy atom. The molecule has 2 aromatic heterocycles. The van der Waals surface area contributed by atoms with E-state index in [0.29, 0.717) is 5.82 Å². The van der Waals surface area contributed by atoms with Crippen molar-refractivity contribution in [3.05, 3.63) is 53.9 Å². The highest BCUT2D eigenvalue weighted by Gasteiger charge is 2.29. The minimum absolute atomic E-state index is 0.0283. The summed E-state index contributed by atoms with van der Waals surface area (Å²) in [6.45, 7) is 0. The van der Waals surface area contributed by atoms with Crippen LogP contribution in [-0.2, 0) is 4.79 Å². The lowest BCUT2D eigenvalue weighted by atomic mass is 10.1. The maximum Gasteiger partial charge on any atom is 0.228 e. The van der Waals surface area contributed by atoms with Gasteiger partial charge < -0.3 is 15.4 Å². The van der Waals surface area contributed by atoms with Crippen LogP contribution in [0, 0.1) is 17.8 Å². The molecule has 28 heavy (non-hydrogen) atoms. The number of fused-ring (bicyclic) bond motifs is 1. The normalized spacial score (nSPS) is 12.8. The predicted molar refractivity (Wildman–Crippen MR) is 109 cm³/mol. The van der Waals surface area contributed by atoms with Gasteiger partial charge in [0.05, 0.1) is 12.7 Å². The van der Waals surface area contributed by atoms with E-state index in [2.05, 4.69) is 32.4 Å². The molecule has 1 saturated carbocycles. The third-order valence-electron chi connectivity index (χ3n) is 4.64. The van der Waals surface area contributed by atoms with Gasteiger partial charge in [0.15, 0.2) is 0 Å². The van der Waals surface area contributed by atoms with E-state index in [1.54, 1.807) is 19.5 Å². The number of benzene rings is 1. The summed E-state index contributed by atoms with van der Waals surface area (Å²) in [5.74, 6) is 8.54. The highest BCUT2D eigenvalue weighted by Crippen LogP contribution is 2.31. The van der Waals surface area contributed by atoms with Crippen LogP contribution in [0.15, 0.2) is 42.7 Å². The molecule has 0 radical (unpaired) electrons. The summed E-state index contributed by atoms with van der Waals surface area (Å²) < 4.78 is 5.17. The zero-order chi connectivity index (χ0) is 19.5. The van der Waals surface area contributed by atoms with Gasteiger partial charge in [-0.25, -0.2) is 9.97 Å². The van der Waals surface area contributed by atoms with Gasteiger partial charge in [0.1, 0.15) is 17.4 Å². The molecule has 0 bridgehead atoms. The second-order valence-corrected chi connectivity index (χ2v) is 6.63. The topological polar surface area (TPSA) is 76.1 Å². The van der Waals surface area contributed by atoms with E-state index >= 15 is 0 Å². The molecule has 0 aliphatic heterocycles. The van der Waals surface area contributed by atoms with Crippen molar-refractivity contribution >= 4 is 28.3 Å². The molecule has 0 saturated heterocycles. The van der Waals surface area contributed by atoms with E-state index in [9.17, 15) is 4.79 Å². The van der Waals surface area contributed by atoms with Crippen LogP contribution in [0.25, 0.3) is 10.8 Å². The number of rotatable bonds is 4. The summed E-state index contributed by atoms with van der Waals surface area (Å²) in [5, 5.41) is 7.71. The van der Waals surface area contributed by atoms with Gasteiger partial charge in [-0.15, -0.1) is 0 Å². The van der Waals surface area contributed by atoms with Crippen molar-refractivity contribution < 1.29 is 9.53 Å². The molecule has 1 aliphatic rings. The molecule has 4 rings (SSSR count). The van der Waals surface area contributed by atoms with E-state index in [1.807, 2.05) is 37.4 Å². The SMILES string of the molecule is CNc1ncc(C#Cc2ccc(OC)cc2)c2cc(NC(=O)C3CC3)ncc12. The summed E-state index contributed by atoms with van der Waals surface area (Å²) in [5.41, 5.74) is 1.65. The number of amides is 1. The zero-order valence-electron chi connectivity index (χ0n) is 15.7. The van der Waals surface area contributed by atoms with Crippen molar-refractivity contribution in [3.8, 4) is 17.6 Å². The molecule has 3 aromatic rings. The fraction of sp³-hybridized carbons (Fsp3) is 0.227. The Balaban J connectivity index is 1.71. The van der Waals surface area contributed by atoms with Crippen LogP contribution >= 0.6 is 0 Å². The van der Waals surface area contributed by atoms with Gasteiger partial charge in [0.25, 0.3) is 0 Å². The Bertz CT molecular complexity index is 1090. The quantitative estimate of drug-likeness (QED) is 0.686. The van der Waals surface area contributed by atoms with Gasteiger partial charge in [-0.3, -0.25) is 4.79 Å². The third kappa shape index (κ3) is 3.74. The van der Waals surface area contributed by atoms with Gasteiger partial charge in [-0.1, -0.05) is 11.8 Å². The summed E-state index contributed by atoms with van der Waals surface area (Å²) in [6.07, 6.45) is 5.35. The standard InChI is InChI=1S/C22H20N4O2/c1-23-21-19-13-24-20(26-22(27)15-7-8-15)11-18(19)16(12-25-21)6-3-14-4-9-17(28-2)10-5-14/h4-5,9-13,15H,7-8H2,1-2H3,(H,23,25)(H,24,26,27). The number of hydrogen-bond acceptors (Lipinski definition) is 5. The van der Waals surface area contributed by atoms with Crippen LogP contribution in [-0.4, -0.2) is 30.0 Å². The third-order valence-corrected chi connectivity index (χ3v) is 4.64. The number of carbonyl (C=O) groups excluding carboxylic acids is 1. The van der Waals surface area contributed by atoms with Crippen LogP contribution in [0.2, 0.25) is 0 Å². The number of anilines is 2. The summed E-state index contributed by atoms with van der Waals surface area (Å²) >= 11 is 0. The van der Waals surface area contributed by atoms with Crippen molar-refractivity contribution in [1.29, 1.82) is 0 Å². The monoisotopic (exact) mass is 372 g/mol. The molecule has 0 atom stereocenters. The van der Waals surface area contributed by atoms with Gasteiger partial charge in [-0.2, -0.15) is 0 Å². The van der Waals surface area contributed by atoms with E-state index in [0.717, 1.165) is 46.3 Å². The summed E-state index contributed by atoms with van der Waals surface area (Å²) in [6, 6.07) is 9.43. The first-order chi connectivity index (χ1) is 13.7. The van der Waals surface area contributed by atoms with Gasteiger partial charge in [0.2, 0.25) is 5.91 Å². The molecule has 2 heterocycles. The van der Waals surface area contributed by atoms with Gasteiger partial charge >= 0.3 is 0 Å². The molecule has 6 nitrogen and oxygen atoms in total. The summed E-state index contributed by atoms with van der Waals surface area (Å²) in [4.78, 5) is 20.9. The second-order valence-electron chi connectivity index (χ2n) is 6.63. The summed E-state index contributed by atoms with van der Waals surface area (Å²) in [7, 11) is 3.45. The Hall–Kier alpha value is -3.59. The number of methoxy groups -OCH3 is 1. The molecule has 0 unspecified atom stereocenters. The van der Waals surface area contributed by atoms with Crippen molar-refractivity contribution in [1.82, 2.24) is 9.97 Å². The average molecular weight is 372 g/mol. The highest BCUT2D eigenvalue weighted by molar-refractivity contribution is 5.99. The van der Waals surface area contributed by atoms with Crippen LogP contribution < -0.4 is 15.4 Å². The van der Waals surface area contributed by atoms with E-state index in [-0.39, 0.29) is 11.8 Å². The van der Waals surface area contributed by atoms with E-state index in [1.165, 1.54) is 0 Å². The van der Waals surface area contributed by atoms with Crippen molar-refractivity contribution in [2.75, 3.05) is 24.8 Å². The molecule has 1 aromatic carbocycles. The smallest absolute Gasteiger partial charge is 0.228 e. The zero-order valence-corrected chi connectivity index (χ0v) is 15.7. The number of hydrogen-bond donors (Lipinski definition) is 2. The Labute approximate surface area is 163 Å². The first-order valence-electron chi connectivity index (χ1n) is 9.11. The first-order valence-corrected chi connectivity index (χ1v) is 9.11. The highest BCUT2D eigenvalue weighted by atomic mass is 16.5. The van der Waals surface area contributed by atoms with Crippen LogP contribution in [0.4, 0.5) is 11.6 Å². The number of pyridine rings is 2. The number of nitrogens with one attached hydrogen (secondary N) is 2. The van der Waals surface area contributed by atoms with Crippen molar-refractivity contribution in [3.63, 3.8) is 0 Å². The van der Waals surface area contributed by atoms with Crippen LogP contribution in [0.3, 0.4) is 0 Å². The fourth-order valence-corrected chi connectivity index (χ4v) is 2.89. The molecule has 140 valence electrons. The Kier molecular flexibility index (Phi) is 4.81. The molecule has 1 fully saturated rings. The molecule has 2 N–H and O–H groups in total. The molecule has 6 heteroatoms. The molecule has 0 spiro atoms. The minimum Gasteiger partial charge on any atom is -0.497 e. The molecular formula is C22H20N4O2. The lowest BCUT2D eigenvalue weighted by Gasteiger charge is -2.09. The van der Waals surface area contributed by atoms with Crippen LogP contribution in [0.1, 0.15) is 24.0 Å². The molecule has 1 aliphatic carbocycles. The van der Waals surface area contributed by atoms with Crippen LogP contribution in [0.5, 0.6) is 5.75 Å². The fourth-order valence-electron chi connectivity index (χ4n) is 2.89. The number of ether oxygens (including phenoxy) is 1. The molecule has 1 amide bonds. The van der Waals surface area contributed by atoms with Crippen molar-refractivity contribution in [2.45, 2.75) is 12.8 Å². The van der Waals surface area contributed by atoms with Gasteiger partial charge in [0, 0.05) is 41.7 Å². The Morgan fingerprint density at radius 2 is 1.89 bits per heavy atom. The van der Waals surface area contributed by atoms with E-state index in [4.69, 9.17) is 4.74 Å². The first kappa shape index (κ1) is 17.8. The maximum atomic E-state index is 12.1. The lowest BCUT2D eigenvalue weighted by molar-refractivity contribution is -0.117. The Morgan fingerprint density at radius 3 is 2.57 bits per heavy atom. The lowest BCUT2D eigenvalue weighted by Crippen LogP contribution is -2.14. The van der Waals surface area contributed by atoms with Gasteiger partial charge in [-0.05, 0) is 43.2 Å². The minimum atomic E-state index is 0.0283. The second kappa shape index (κ2) is 7.57.